The van der Waals surface area contributed by atoms with Crippen LogP contribution >= 0.6 is 11.6 Å². The number of nitrogens with one attached hydrogen (secondary N) is 2. The second-order valence-corrected chi connectivity index (χ2v) is 9.46. The van der Waals surface area contributed by atoms with Crippen LogP contribution in [0.3, 0.4) is 0 Å². The number of halogens is 1. The molecule has 2 aromatic rings. The molecule has 0 bridgehead atoms. The van der Waals surface area contributed by atoms with Crippen LogP contribution in [0.4, 0.5) is 10.5 Å². The third kappa shape index (κ3) is 5.70. The predicted molar refractivity (Wildman–Crippen MR) is 135 cm³/mol. The van der Waals surface area contributed by atoms with E-state index >= 15 is 0 Å². The van der Waals surface area contributed by atoms with E-state index in [2.05, 4.69) is 10.6 Å². The molecular formula is C26H31ClN4O4. The van der Waals surface area contributed by atoms with Crippen molar-refractivity contribution in [1.82, 2.24) is 15.5 Å². The normalized spacial score (nSPS) is 18.2. The van der Waals surface area contributed by atoms with Gasteiger partial charge in [0.1, 0.15) is 11.8 Å². The summed E-state index contributed by atoms with van der Waals surface area (Å²) in [6, 6.07) is 11.4. The van der Waals surface area contributed by atoms with Gasteiger partial charge in [0.25, 0.3) is 5.91 Å². The Hall–Kier alpha value is -3.26. The Morgan fingerprint density at radius 2 is 1.91 bits per heavy atom. The van der Waals surface area contributed by atoms with E-state index in [1.165, 1.54) is 0 Å². The molecule has 2 aromatic carbocycles. The van der Waals surface area contributed by atoms with Gasteiger partial charge in [-0.25, -0.2) is 4.79 Å². The monoisotopic (exact) mass is 498 g/mol. The maximum absolute atomic E-state index is 13.6. The van der Waals surface area contributed by atoms with Gasteiger partial charge in [0.2, 0.25) is 5.91 Å². The highest BCUT2D eigenvalue weighted by Crippen LogP contribution is 2.31. The number of fused-ring (bicyclic) bond motifs is 1. The van der Waals surface area contributed by atoms with Gasteiger partial charge in [0.15, 0.2) is 0 Å². The zero-order valence-corrected chi connectivity index (χ0v) is 21.0. The summed E-state index contributed by atoms with van der Waals surface area (Å²) in [4.78, 5) is 42.5. The smallest absolute Gasteiger partial charge is 0.318 e. The van der Waals surface area contributed by atoms with Crippen LogP contribution in [0, 0.1) is 0 Å². The quantitative estimate of drug-likeness (QED) is 0.630. The Balaban J connectivity index is 1.55. The van der Waals surface area contributed by atoms with E-state index in [9.17, 15) is 14.4 Å². The first-order valence-electron chi connectivity index (χ1n) is 12.0. The number of anilines is 1. The molecule has 1 aliphatic heterocycles. The average molecular weight is 499 g/mol. The van der Waals surface area contributed by atoms with E-state index in [0.717, 1.165) is 24.1 Å². The van der Waals surface area contributed by atoms with Crippen molar-refractivity contribution in [2.24, 2.45) is 0 Å². The first-order chi connectivity index (χ1) is 16.8. The standard InChI is InChI=1S/C26H31ClN4O4/c1-4-35-20-11-12-21(22(27)13-20)25(33)31-14-16(2)30(15-18-7-5-6-8-23(18)31)26(34)28-17(3)24(32)29-19-9-10-19/h5-8,11-13,16-17,19H,4,9-10,14-15H2,1-3H3,(H,28,34)(H,29,32)/t16-,17+/m0/s1. The zero-order chi connectivity index (χ0) is 25.1. The summed E-state index contributed by atoms with van der Waals surface area (Å²) < 4.78 is 5.48. The largest absolute Gasteiger partial charge is 0.494 e. The first kappa shape index (κ1) is 24.9. The predicted octanol–water partition coefficient (Wildman–Crippen LogP) is 3.97. The van der Waals surface area contributed by atoms with Crippen molar-refractivity contribution >= 4 is 35.1 Å². The van der Waals surface area contributed by atoms with Crippen molar-refractivity contribution < 1.29 is 19.1 Å². The maximum Gasteiger partial charge on any atom is 0.318 e. The highest BCUT2D eigenvalue weighted by molar-refractivity contribution is 6.34. The SMILES string of the molecule is CCOc1ccc(C(=O)N2C[C@H](C)N(C(=O)N[C@H](C)C(=O)NC3CC3)Cc3ccccc32)c(Cl)c1. The molecule has 2 N–H and O–H groups in total. The molecule has 4 rings (SSSR count). The summed E-state index contributed by atoms with van der Waals surface area (Å²) >= 11 is 6.45. The Morgan fingerprint density at radius 3 is 2.60 bits per heavy atom. The number of ether oxygens (including phenoxy) is 1. The highest BCUT2D eigenvalue weighted by Gasteiger charge is 2.33. The van der Waals surface area contributed by atoms with Crippen molar-refractivity contribution in [3.8, 4) is 5.75 Å². The summed E-state index contributed by atoms with van der Waals surface area (Å²) in [5.74, 6) is 0.156. The number of urea groups is 1. The molecule has 8 nitrogen and oxygen atoms in total. The van der Waals surface area contributed by atoms with Crippen molar-refractivity contribution in [3.05, 3.63) is 58.6 Å². The molecule has 2 atom stereocenters. The minimum absolute atomic E-state index is 0.189. The molecule has 186 valence electrons. The van der Waals surface area contributed by atoms with Crippen LogP contribution in [0.5, 0.6) is 5.75 Å². The van der Waals surface area contributed by atoms with Crippen LogP contribution in [0.2, 0.25) is 5.02 Å². The summed E-state index contributed by atoms with van der Waals surface area (Å²) in [6.07, 6.45) is 1.96. The van der Waals surface area contributed by atoms with Gasteiger partial charge in [0.05, 0.1) is 17.2 Å². The van der Waals surface area contributed by atoms with Gasteiger partial charge < -0.3 is 25.2 Å². The Bertz CT molecular complexity index is 1120. The van der Waals surface area contributed by atoms with Crippen LogP contribution in [0.15, 0.2) is 42.5 Å². The van der Waals surface area contributed by atoms with Crippen molar-refractivity contribution in [1.29, 1.82) is 0 Å². The van der Waals surface area contributed by atoms with E-state index in [-0.39, 0.29) is 36.5 Å². The van der Waals surface area contributed by atoms with Gasteiger partial charge in [-0.2, -0.15) is 0 Å². The number of benzene rings is 2. The Kier molecular flexibility index (Phi) is 7.50. The maximum atomic E-state index is 13.6. The number of carbonyl (C=O) groups is 3. The van der Waals surface area contributed by atoms with Crippen molar-refractivity contribution in [2.45, 2.75) is 58.3 Å². The van der Waals surface area contributed by atoms with Gasteiger partial charge >= 0.3 is 6.03 Å². The minimum atomic E-state index is -0.658. The molecule has 1 aliphatic carbocycles. The van der Waals surface area contributed by atoms with Crippen LogP contribution in [-0.4, -0.2) is 54.0 Å². The fourth-order valence-corrected chi connectivity index (χ4v) is 4.38. The molecule has 1 saturated carbocycles. The number of nitrogens with zero attached hydrogens (tertiary/aromatic N) is 2. The number of hydrogen-bond donors (Lipinski definition) is 2. The van der Waals surface area contributed by atoms with E-state index < -0.39 is 6.04 Å². The lowest BCUT2D eigenvalue weighted by Gasteiger charge is -2.30. The molecule has 0 radical (unpaired) electrons. The molecule has 0 saturated heterocycles. The van der Waals surface area contributed by atoms with Crippen molar-refractivity contribution in [3.63, 3.8) is 0 Å². The average Bonchev–Trinajstić information content (AvgIpc) is 3.66. The third-order valence-electron chi connectivity index (χ3n) is 6.25. The van der Waals surface area contributed by atoms with Gasteiger partial charge in [-0.3, -0.25) is 9.59 Å². The molecule has 1 heterocycles. The van der Waals surface area contributed by atoms with E-state index in [1.54, 1.807) is 34.9 Å². The molecular weight excluding hydrogens is 468 g/mol. The van der Waals surface area contributed by atoms with E-state index in [0.29, 0.717) is 29.5 Å². The molecule has 1 fully saturated rings. The second-order valence-electron chi connectivity index (χ2n) is 9.05. The Morgan fingerprint density at radius 1 is 1.17 bits per heavy atom. The molecule has 4 amide bonds. The van der Waals surface area contributed by atoms with Crippen LogP contribution < -0.4 is 20.3 Å². The van der Waals surface area contributed by atoms with Gasteiger partial charge in [-0.05, 0) is 63.4 Å². The topological polar surface area (TPSA) is 91.0 Å². The molecule has 0 aromatic heterocycles. The van der Waals surface area contributed by atoms with Crippen LogP contribution in [0.1, 0.15) is 49.5 Å². The molecule has 0 unspecified atom stereocenters. The lowest BCUT2D eigenvalue weighted by Crippen LogP contribution is -2.53. The summed E-state index contributed by atoms with van der Waals surface area (Å²) in [7, 11) is 0. The minimum Gasteiger partial charge on any atom is -0.494 e. The number of carbonyl (C=O) groups excluding carboxylic acids is 3. The molecule has 2 aliphatic rings. The van der Waals surface area contributed by atoms with Gasteiger partial charge in [0, 0.05) is 30.9 Å². The fraction of sp³-hybridized carbons (Fsp3) is 0.423. The van der Waals surface area contributed by atoms with Crippen LogP contribution in [0.25, 0.3) is 0 Å². The first-order valence-corrected chi connectivity index (χ1v) is 12.4. The van der Waals surface area contributed by atoms with Gasteiger partial charge in [-0.1, -0.05) is 29.8 Å². The third-order valence-corrected chi connectivity index (χ3v) is 6.56. The zero-order valence-electron chi connectivity index (χ0n) is 20.2. The van der Waals surface area contributed by atoms with Crippen LogP contribution in [-0.2, 0) is 11.3 Å². The number of para-hydroxylation sites is 1. The molecule has 9 heteroatoms. The summed E-state index contributed by atoms with van der Waals surface area (Å²) in [6.45, 7) is 6.52. The highest BCUT2D eigenvalue weighted by atomic mass is 35.5. The summed E-state index contributed by atoms with van der Waals surface area (Å²) in [5, 5.41) is 6.03. The lowest BCUT2D eigenvalue weighted by molar-refractivity contribution is -0.122. The van der Waals surface area contributed by atoms with E-state index in [4.69, 9.17) is 16.3 Å². The molecule has 0 spiro atoms. The number of amides is 4. The molecule has 35 heavy (non-hydrogen) atoms. The fourth-order valence-electron chi connectivity index (χ4n) is 4.13. The van der Waals surface area contributed by atoms with Crippen molar-refractivity contribution in [2.75, 3.05) is 18.1 Å². The Labute approximate surface area is 210 Å². The number of hydrogen-bond acceptors (Lipinski definition) is 4. The second kappa shape index (κ2) is 10.6. The summed E-state index contributed by atoms with van der Waals surface area (Å²) in [5.41, 5.74) is 1.92. The van der Waals surface area contributed by atoms with E-state index in [1.807, 2.05) is 38.1 Å². The van der Waals surface area contributed by atoms with Gasteiger partial charge in [-0.15, -0.1) is 0 Å². The number of rotatable bonds is 6. The lowest BCUT2D eigenvalue weighted by atomic mass is 10.1.